The minimum Gasteiger partial charge on any atom is -0.481 e. The number of carboxylic acids is 4. The summed E-state index contributed by atoms with van der Waals surface area (Å²) in [6.45, 7) is 0. The quantitative estimate of drug-likeness (QED) is 0.139. The van der Waals surface area contributed by atoms with Gasteiger partial charge in [-0.3, -0.25) is 28.8 Å². The molecule has 33 heavy (non-hydrogen) atoms. The summed E-state index contributed by atoms with van der Waals surface area (Å²) in [5.74, 6) is -7.52. The Kier molecular flexibility index (Phi) is 10.2. The highest BCUT2D eigenvalue weighted by molar-refractivity contribution is 5.95. The van der Waals surface area contributed by atoms with Gasteiger partial charge in [0.1, 0.15) is 17.6 Å². The number of nitrogens with one attached hydrogen (secondary N) is 3. The molecule has 0 aromatic rings. The summed E-state index contributed by atoms with van der Waals surface area (Å²) in [6.07, 6.45) is -1.98. The van der Waals surface area contributed by atoms with E-state index in [9.17, 15) is 38.7 Å². The third kappa shape index (κ3) is 9.97. The topological polar surface area (TPSA) is 236 Å². The zero-order valence-corrected chi connectivity index (χ0v) is 17.7. The van der Waals surface area contributed by atoms with Crippen LogP contribution in [0.25, 0.3) is 0 Å². The zero-order valence-electron chi connectivity index (χ0n) is 17.7. The largest absolute Gasteiger partial charge is 0.481 e. The van der Waals surface area contributed by atoms with Gasteiger partial charge in [-0.1, -0.05) is 0 Å². The molecule has 0 radical (unpaired) electrons. The molecule has 0 spiro atoms. The van der Waals surface area contributed by atoms with E-state index >= 15 is 0 Å². The van der Waals surface area contributed by atoms with Gasteiger partial charge in [-0.2, -0.15) is 0 Å². The van der Waals surface area contributed by atoms with E-state index in [4.69, 9.17) is 15.3 Å². The molecule has 1 rings (SSSR count). The maximum absolute atomic E-state index is 12.7. The van der Waals surface area contributed by atoms with Crippen LogP contribution in [-0.4, -0.2) is 79.6 Å². The van der Waals surface area contributed by atoms with Gasteiger partial charge in [-0.05, 0) is 32.1 Å². The molecule has 3 amide bonds. The van der Waals surface area contributed by atoms with Gasteiger partial charge in [-0.15, -0.1) is 0 Å². The fourth-order valence-electron chi connectivity index (χ4n) is 2.85. The lowest BCUT2D eigenvalue weighted by Gasteiger charge is -2.24. The summed E-state index contributed by atoms with van der Waals surface area (Å²) in [4.78, 5) is 80.9. The SMILES string of the molecule is O=C(O)CCCC(=O)N[C@@H](CCC(=O)O)C(=O)N[C@@H](CCC(=O)O)C(=O)NC1(C(=O)O)CC1. The molecule has 7 N–H and O–H groups in total. The molecule has 0 aliphatic heterocycles. The average molecular weight is 473 g/mol. The first-order chi connectivity index (χ1) is 15.4. The van der Waals surface area contributed by atoms with Crippen LogP contribution in [-0.2, 0) is 33.6 Å². The Bertz CT molecular complexity index is 807. The van der Waals surface area contributed by atoms with Crippen LogP contribution in [0.4, 0.5) is 0 Å². The highest BCUT2D eigenvalue weighted by atomic mass is 16.4. The molecule has 0 bridgehead atoms. The van der Waals surface area contributed by atoms with Crippen molar-refractivity contribution in [3.63, 3.8) is 0 Å². The standard InChI is InChI=1S/C19H27N3O11/c23-12(2-1-3-13(24)25)20-10(4-6-14(26)27)16(30)21-11(5-7-15(28)29)17(31)22-19(8-9-19)18(32)33/h10-11H,1-9H2,(H,20,23)(H,21,30)(H,22,31)(H,24,25)(H,26,27)(H,28,29)(H,32,33)/t10-,11-/m0/s1. The van der Waals surface area contributed by atoms with Crippen molar-refractivity contribution in [1.29, 1.82) is 0 Å². The van der Waals surface area contributed by atoms with Crippen molar-refractivity contribution < 1.29 is 54.0 Å². The van der Waals surface area contributed by atoms with E-state index in [0.29, 0.717) is 0 Å². The molecule has 1 aliphatic carbocycles. The van der Waals surface area contributed by atoms with Crippen molar-refractivity contribution >= 4 is 41.6 Å². The van der Waals surface area contributed by atoms with Crippen LogP contribution >= 0.6 is 0 Å². The number of carbonyl (C=O) groups excluding carboxylic acids is 3. The average Bonchev–Trinajstić information content (AvgIpc) is 3.48. The molecule has 2 atom stereocenters. The molecule has 0 aromatic heterocycles. The first kappa shape index (κ1) is 27.3. The predicted molar refractivity (Wildman–Crippen MR) is 107 cm³/mol. The number of hydrogen-bond donors (Lipinski definition) is 7. The van der Waals surface area contributed by atoms with Crippen molar-refractivity contribution in [2.75, 3.05) is 0 Å². The van der Waals surface area contributed by atoms with Crippen LogP contribution in [0.5, 0.6) is 0 Å². The molecule has 14 nitrogen and oxygen atoms in total. The fraction of sp³-hybridized carbons (Fsp3) is 0.632. The number of carbonyl (C=O) groups is 7. The van der Waals surface area contributed by atoms with E-state index in [1.54, 1.807) is 0 Å². The summed E-state index contributed by atoms with van der Waals surface area (Å²) in [5, 5.41) is 42.5. The van der Waals surface area contributed by atoms with Crippen molar-refractivity contribution in [1.82, 2.24) is 16.0 Å². The van der Waals surface area contributed by atoms with E-state index in [0.717, 1.165) is 0 Å². The van der Waals surface area contributed by atoms with E-state index in [1.807, 2.05) is 0 Å². The van der Waals surface area contributed by atoms with Gasteiger partial charge in [-0.25, -0.2) is 4.79 Å². The van der Waals surface area contributed by atoms with Crippen LogP contribution in [0.1, 0.15) is 57.8 Å². The maximum atomic E-state index is 12.7. The van der Waals surface area contributed by atoms with E-state index in [1.165, 1.54) is 0 Å². The second-order valence-electron chi connectivity index (χ2n) is 7.67. The minimum atomic E-state index is -1.48. The van der Waals surface area contributed by atoms with E-state index < -0.39 is 72.1 Å². The summed E-state index contributed by atoms with van der Waals surface area (Å²) >= 11 is 0. The van der Waals surface area contributed by atoms with E-state index in [2.05, 4.69) is 16.0 Å². The Morgan fingerprint density at radius 2 is 1.15 bits per heavy atom. The van der Waals surface area contributed by atoms with Gasteiger partial charge in [0.25, 0.3) is 0 Å². The lowest BCUT2D eigenvalue weighted by atomic mass is 10.1. The van der Waals surface area contributed by atoms with Gasteiger partial charge >= 0.3 is 23.9 Å². The normalized spacial score (nSPS) is 15.4. The Morgan fingerprint density at radius 1 is 0.667 bits per heavy atom. The molecule has 1 saturated carbocycles. The minimum absolute atomic E-state index is 0.0185. The molecule has 0 unspecified atom stereocenters. The Balaban J connectivity index is 2.87. The van der Waals surface area contributed by atoms with Gasteiger partial charge < -0.3 is 36.4 Å². The molecular weight excluding hydrogens is 446 g/mol. The number of amides is 3. The zero-order chi connectivity index (χ0) is 25.2. The smallest absolute Gasteiger partial charge is 0.329 e. The molecule has 1 fully saturated rings. The molecular formula is C19H27N3O11. The Morgan fingerprint density at radius 3 is 1.58 bits per heavy atom. The summed E-state index contributed by atoms with van der Waals surface area (Å²) < 4.78 is 0. The molecule has 0 saturated heterocycles. The maximum Gasteiger partial charge on any atom is 0.329 e. The number of aliphatic carboxylic acids is 4. The molecule has 184 valence electrons. The predicted octanol–water partition coefficient (Wildman–Crippen LogP) is -1.33. The lowest BCUT2D eigenvalue weighted by molar-refractivity contribution is -0.144. The van der Waals surface area contributed by atoms with Gasteiger partial charge in [0.15, 0.2) is 0 Å². The first-order valence-electron chi connectivity index (χ1n) is 10.2. The van der Waals surface area contributed by atoms with Crippen molar-refractivity contribution in [2.45, 2.75) is 75.4 Å². The lowest BCUT2D eigenvalue weighted by Crippen LogP contribution is -2.56. The molecule has 0 heterocycles. The van der Waals surface area contributed by atoms with Gasteiger partial charge in [0.2, 0.25) is 17.7 Å². The fourth-order valence-corrected chi connectivity index (χ4v) is 2.85. The van der Waals surface area contributed by atoms with Crippen molar-refractivity contribution in [3.8, 4) is 0 Å². The summed E-state index contributed by atoms with van der Waals surface area (Å²) in [5.41, 5.74) is -1.48. The highest BCUT2D eigenvalue weighted by Crippen LogP contribution is 2.35. The highest BCUT2D eigenvalue weighted by Gasteiger charge is 2.52. The number of rotatable bonds is 16. The van der Waals surface area contributed by atoms with Gasteiger partial charge in [0.05, 0.1) is 0 Å². The summed E-state index contributed by atoms with van der Waals surface area (Å²) in [6, 6.07) is -2.84. The van der Waals surface area contributed by atoms with Crippen LogP contribution in [0.3, 0.4) is 0 Å². The van der Waals surface area contributed by atoms with Crippen LogP contribution in [0.2, 0.25) is 0 Å². The summed E-state index contributed by atoms with van der Waals surface area (Å²) in [7, 11) is 0. The first-order valence-corrected chi connectivity index (χ1v) is 10.2. The molecule has 14 heteroatoms. The van der Waals surface area contributed by atoms with Crippen LogP contribution < -0.4 is 16.0 Å². The number of carboxylic acid groups (broad SMARTS) is 4. The second kappa shape index (κ2) is 12.4. The third-order valence-corrected chi connectivity index (χ3v) is 4.89. The van der Waals surface area contributed by atoms with E-state index in [-0.39, 0.29) is 44.9 Å². The Hall–Kier alpha value is -3.71. The Labute approximate surface area is 187 Å². The molecule has 1 aliphatic rings. The van der Waals surface area contributed by atoms with Crippen molar-refractivity contribution in [2.24, 2.45) is 0 Å². The molecule has 0 aromatic carbocycles. The second-order valence-corrected chi connectivity index (χ2v) is 7.67. The monoisotopic (exact) mass is 473 g/mol. The third-order valence-electron chi connectivity index (χ3n) is 4.89. The van der Waals surface area contributed by atoms with Gasteiger partial charge in [0, 0.05) is 25.7 Å². The number of hydrogen-bond acceptors (Lipinski definition) is 7. The van der Waals surface area contributed by atoms with Crippen LogP contribution in [0.15, 0.2) is 0 Å². The van der Waals surface area contributed by atoms with Crippen LogP contribution in [0, 0.1) is 0 Å². The van der Waals surface area contributed by atoms with Crippen molar-refractivity contribution in [3.05, 3.63) is 0 Å².